The molecule has 2 aromatic rings. The fourth-order valence-corrected chi connectivity index (χ4v) is 5.75. The summed E-state index contributed by atoms with van der Waals surface area (Å²) in [6.45, 7) is 8.96. The Hall–Kier alpha value is -2.22. The Morgan fingerprint density at radius 2 is 1.82 bits per heavy atom. The SMILES string of the molecule is CCCn1nc(C(=O)N2CCOCC2)c2c1CCC(NC1CCN(Cc3ccccc3)CC1)C2. The number of likely N-dealkylation sites (tertiary alicyclic amines) is 1. The second-order valence-corrected chi connectivity index (χ2v) is 10.0. The van der Waals surface area contributed by atoms with Crippen molar-refractivity contribution in [2.45, 2.75) is 70.6 Å². The predicted octanol–water partition coefficient (Wildman–Crippen LogP) is 2.88. The minimum absolute atomic E-state index is 0.0873. The molecule has 1 unspecified atom stereocenters. The van der Waals surface area contributed by atoms with Crippen LogP contribution in [0.15, 0.2) is 30.3 Å². The highest BCUT2D eigenvalue weighted by atomic mass is 16.5. The van der Waals surface area contributed by atoms with E-state index in [-0.39, 0.29) is 5.91 Å². The second-order valence-electron chi connectivity index (χ2n) is 10.0. The number of carbonyl (C=O) groups is 1. The molecule has 0 bridgehead atoms. The van der Waals surface area contributed by atoms with Gasteiger partial charge >= 0.3 is 0 Å². The van der Waals surface area contributed by atoms with E-state index in [0.29, 0.717) is 44.1 Å². The van der Waals surface area contributed by atoms with Crippen molar-refractivity contribution in [1.29, 1.82) is 0 Å². The molecule has 0 radical (unpaired) electrons. The highest BCUT2D eigenvalue weighted by Gasteiger charge is 2.32. The van der Waals surface area contributed by atoms with Crippen LogP contribution in [0.2, 0.25) is 0 Å². The van der Waals surface area contributed by atoms with Crippen LogP contribution in [0, 0.1) is 0 Å². The van der Waals surface area contributed by atoms with Gasteiger partial charge in [0.1, 0.15) is 0 Å². The van der Waals surface area contributed by atoms with Gasteiger partial charge in [-0.3, -0.25) is 14.4 Å². The van der Waals surface area contributed by atoms with E-state index in [2.05, 4.69) is 52.2 Å². The van der Waals surface area contributed by atoms with Crippen molar-refractivity contribution in [2.75, 3.05) is 39.4 Å². The minimum atomic E-state index is 0.0873. The molecule has 1 amide bonds. The number of nitrogens with one attached hydrogen (secondary N) is 1. The lowest BCUT2D eigenvalue weighted by molar-refractivity contribution is 0.0297. The highest BCUT2D eigenvalue weighted by Crippen LogP contribution is 2.27. The summed E-state index contributed by atoms with van der Waals surface area (Å²) < 4.78 is 7.56. The first-order valence-electron chi connectivity index (χ1n) is 13.2. The van der Waals surface area contributed by atoms with Gasteiger partial charge in [-0.2, -0.15) is 5.10 Å². The number of ether oxygens (including phenoxy) is 1. The summed E-state index contributed by atoms with van der Waals surface area (Å²) >= 11 is 0. The maximum atomic E-state index is 13.3. The van der Waals surface area contributed by atoms with Crippen molar-refractivity contribution in [3.8, 4) is 0 Å². The monoisotopic (exact) mass is 465 g/mol. The number of amides is 1. The van der Waals surface area contributed by atoms with Gasteiger partial charge in [-0.25, -0.2) is 0 Å². The quantitative estimate of drug-likeness (QED) is 0.681. The van der Waals surface area contributed by atoms with Crippen LogP contribution in [0.1, 0.15) is 59.9 Å². The maximum Gasteiger partial charge on any atom is 0.274 e. The van der Waals surface area contributed by atoms with E-state index in [1.54, 1.807) is 0 Å². The number of piperidine rings is 1. The molecule has 3 aliphatic rings. The average molecular weight is 466 g/mol. The number of morpholine rings is 1. The predicted molar refractivity (Wildman–Crippen MR) is 133 cm³/mol. The van der Waals surface area contributed by atoms with Gasteiger partial charge in [0.2, 0.25) is 0 Å². The van der Waals surface area contributed by atoms with Crippen molar-refractivity contribution < 1.29 is 9.53 Å². The van der Waals surface area contributed by atoms with E-state index in [0.717, 1.165) is 51.9 Å². The van der Waals surface area contributed by atoms with Gasteiger partial charge in [0.15, 0.2) is 5.69 Å². The summed E-state index contributed by atoms with van der Waals surface area (Å²) in [5, 5.41) is 8.80. The summed E-state index contributed by atoms with van der Waals surface area (Å²) in [4.78, 5) is 17.8. The molecule has 7 heteroatoms. The molecule has 2 saturated heterocycles. The van der Waals surface area contributed by atoms with Gasteiger partial charge in [-0.15, -0.1) is 0 Å². The Morgan fingerprint density at radius 3 is 2.56 bits per heavy atom. The summed E-state index contributed by atoms with van der Waals surface area (Å²) in [5.74, 6) is 0.0873. The van der Waals surface area contributed by atoms with Crippen LogP contribution in [-0.2, 0) is 30.7 Å². The van der Waals surface area contributed by atoms with Crippen molar-refractivity contribution in [2.24, 2.45) is 0 Å². The van der Waals surface area contributed by atoms with Crippen LogP contribution < -0.4 is 5.32 Å². The number of rotatable bonds is 7. The first-order chi connectivity index (χ1) is 16.7. The average Bonchev–Trinajstić information content (AvgIpc) is 3.24. The van der Waals surface area contributed by atoms with Gasteiger partial charge in [-0.1, -0.05) is 37.3 Å². The molecule has 184 valence electrons. The largest absolute Gasteiger partial charge is 0.378 e. The Kier molecular flexibility index (Phi) is 7.62. The normalized spacial score (nSPS) is 22.0. The zero-order chi connectivity index (χ0) is 23.3. The van der Waals surface area contributed by atoms with Gasteiger partial charge in [-0.05, 0) is 57.2 Å². The van der Waals surface area contributed by atoms with E-state index in [4.69, 9.17) is 9.84 Å². The standard InChI is InChI=1S/C27H39N5O2/c1-2-12-32-25-9-8-23(19-24(25)26(29-32)27(33)31-15-17-34-18-16-31)28-22-10-13-30(14-11-22)20-21-6-4-3-5-7-21/h3-7,22-23,28H,2,8-20H2,1H3. The molecule has 7 nitrogen and oxygen atoms in total. The molecular formula is C27H39N5O2. The van der Waals surface area contributed by atoms with Crippen molar-refractivity contribution >= 4 is 5.91 Å². The van der Waals surface area contributed by atoms with Crippen molar-refractivity contribution in [3.63, 3.8) is 0 Å². The number of hydrogen-bond acceptors (Lipinski definition) is 5. The van der Waals surface area contributed by atoms with Crippen LogP contribution in [0.3, 0.4) is 0 Å². The smallest absolute Gasteiger partial charge is 0.274 e. The fraction of sp³-hybridized carbons (Fsp3) is 0.630. The number of hydrogen-bond donors (Lipinski definition) is 1. The molecule has 2 fully saturated rings. The first-order valence-corrected chi connectivity index (χ1v) is 13.2. The lowest BCUT2D eigenvalue weighted by Crippen LogP contribution is -2.47. The Balaban J connectivity index is 1.21. The van der Waals surface area contributed by atoms with Crippen molar-refractivity contribution in [1.82, 2.24) is 24.9 Å². The maximum absolute atomic E-state index is 13.3. The molecule has 1 aromatic carbocycles. The van der Waals surface area contributed by atoms with E-state index in [1.165, 1.54) is 29.7 Å². The molecule has 1 aromatic heterocycles. The van der Waals surface area contributed by atoms with Crippen LogP contribution in [0.25, 0.3) is 0 Å². The lowest BCUT2D eigenvalue weighted by atomic mass is 9.89. The molecule has 2 aliphatic heterocycles. The molecule has 3 heterocycles. The summed E-state index contributed by atoms with van der Waals surface area (Å²) in [6, 6.07) is 11.8. The summed E-state index contributed by atoms with van der Waals surface area (Å²) in [7, 11) is 0. The van der Waals surface area contributed by atoms with E-state index >= 15 is 0 Å². The highest BCUT2D eigenvalue weighted by molar-refractivity contribution is 5.94. The van der Waals surface area contributed by atoms with Gasteiger partial charge in [0.05, 0.1) is 13.2 Å². The van der Waals surface area contributed by atoms with Crippen LogP contribution in [0.5, 0.6) is 0 Å². The lowest BCUT2D eigenvalue weighted by Gasteiger charge is -2.36. The zero-order valence-corrected chi connectivity index (χ0v) is 20.5. The molecule has 0 spiro atoms. The summed E-state index contributed by atoms with van der Waals surface area (Å²) in [5.41, 5.74) is 4.56. The molecule has 0 saturated carbocycles. The van der Waals surface area contributed by atoms with Gasteiger partial charge < -0.3 is 15.0 Å². The molecule has 1 aliphatic carbocycles. The van der Waals surface area contributed by atoms with Gasteiger partial charge in [0.25, 0.3) is 5.91 Å². The third-order valence-electron chi connectivity index (χ3n) is 7.59. The van der Waals surface area contributed by atoms with Gasteiger partial charge in [0, 0.05) is 49.5 Å². The molecular weight excluding hydrogens is 426 g/mol. The third kappa shape index (κ3) is 5.37. The number of fused-ring (bicyclic) bond motifs is 1. The van der Waals surface area contributed by atoms with Crippen LogP contribution >= 0.6 is 0 Å². The fourth-order valence-electron chi connectivity index (χ4n) is 5.75. The topological polar surface area (TPSA) is 62.6 Å². The third-order valence-corrected chi connectivity index (χ3v) is 7.59. The van der Waals surface area contributed by atoms with Crippen LogP contribution in [-0.4, -0.2) is 77.0 Å². The van der Waals surface area contributed by atoms with E-state index in [1.807, 2.05) is 4.90 Å². The first kappa shape index (κ1) is 23.5. The molecule has 1 atom stereocenters. The van der Waals surface area contributed by atoms with Crippen molar-refractivity contribution in [3.05, 3.63) is 52.8 Å². The Bertz CT molecular complexity index is 945. The molecule has 5 rings (SSSR count). The number of benzene rings is 1. The zero-order valence-electron chi connectivity index (χ0n) is 20.5. The van der Waals surface area contributed by atoms with Crippen LogP contribution in [0.4, 0.5) is 0 Å². The number of nitrogens with zero attached hydrogens (tertiary/aromatic N) is 4. The molecule has 34 heavy (non-hydrogen) atoms. The molecule has 1 N–H and O–H groups in total. The number of aryl methyl sites for hydroxylation is 1. The Morgan fingerprint density at radius 1 is 1.06 bits per heavy atom. The second kappa shape index (κ2) is 11.0. The van der Waals surface area contributed by atoms with E-state index in [9.17, 15) is 4.79 Å². The van der Waals surface area contributed by atoms with E-state index < -0.39 is 0 Å². The number of carbonyl (C=O) groups excluding carboxylic acids is 1. The minimum Gasteiger partial charge on any atom is -0.378 e. The Labute approximate surface area is 203 Å². The summed E-state index contributed by atoms with van der Waals surface area (Å²) in [6.07, 6.45) is 6.44. The number of aromatic nitrogens is 2.